The van der Waals surface area contributed by atoms with Gasteiger partial charge in [-0.05, 0) is 31.9 Å². The Morgan fingerprint density at radius 2 is 1.68 bits per heavy atom. The number of nitrogens with zero attached hydrogens (tertiary/aromatic N) is 3. The van der Waals surface area contributed by atoms with Crippen LogP contribution in [0.3, 0.4) is 0 Å². The second kappa shape index (κ2) is 6.65. The van der Waals surface area contributed by atoms with Crippen molar-refractivity contribution in [1.82, 2.24) is 9.80 Å². The van der Waals surface area contributed by atoms with Crippen LogP contribution in [0, 0.1) is 5.82 Å². The van der Waals surface area contributed by atoms with E-state index in [1.807, 2.05) is 24.0 Å². The zero-order valence-electron chi connectivity index (χ0n) is 13.2. The second-order valence-corrected chi connectivity index (χ2v) is 6.18. The topological polar surface area (TPSA) is 26.8 Å². The zero-order valence-corrected chi connectivity index (χ0v) is 13.2. The molecule has 0 unspecified atom stereocenters. The molecular formula is C17H24FN3O. The smallest absolute Gasteiger partial charge is 0.239 e. The number of halogens is 1. The molecule has 1 aromatic rings. The number of hydrogen-bond acceptors (Lipinski definition) is 3. The van der Waals surface area contributed by atoms with Gasteiger partial charge in [0.2, 0.25) is 5.91 Å². The van der Waals surface area contributed by atoms with Gasteiger partial charge in [-0.3, -0.25) is 9.69 Å². The molecule has 4 nitrogen and oxygen atoms in total. The Balaban J connectivity index is 1.57. The molecule has 2 heterocycles. The summed E-state index contributed by atoms with van der Waals surface area (Å²) in [5.41, 5.74) is 0.667. The van der Waals surface area contributed by atoms with Gasteiger partial charge in [0.15, 0.2) is 0 Å². The number of hydrogen-bond donors (Lipinski definition) is 0. The molecule has 2 saturated heterocycles. The minimum Gasteiger partial charge on any atom is -0.367 e. The molecular weight excluding hydrogens is 281 g/mol. The van der Waals surface area contributed by atoms with Crippen LogP contribution in [-0.4, -0.2) is 61.0 Å². The van der Waals surface area contributed by atoms with E-state index in [9.17, 15) is 9.18 Å². The SMILES string of the molecule is C[C@@H](C(=O)N1CCCC1)N1CCN(c2ccccc2F)CC1. The number of piperazine rings is 1. The fourth-order valence-corrected chi connectivity index (χ4v) is 3.42. The Morgan fingerprint density at radius 1 is 1.05 bits per heavy atom. The summed E-state index contributed by atoms with van der Waals surface area (Å²) >= 11 is 0. The molecule has 1 amide bonds. The van der Waals surface area contributed by atoms with Crippen molar-refractivity contribution in [2.45, 2.75) is 25.8 Å². The maximum atomic E-state index is 13.8. The van der Waals surface area contributed by atoms with Gasteiger partial charge in [-0.15, -0.1) is 0 Å². The number of benzene rings is 1. The summed E-state index contributed by atoms with van der Waals surface area (Å²) in [5.74, 6) is 0.0778. The zero-order chi connectivity index (χ0) is 15.5. The Hall–Kier alpha value is -1.62. The molecule has 0 N–H and O–H groups in total. The molecule has 0 spiro atoms. The van der Waals surface area contributed by atoms with Gasteiger partial charge in [0.05, 0.1) is 11.7 Å². The van der Waals surface area contributed by atoms with Gasteiger partial charge < -0.3 is 9.80 Å². The van der Waals surface area contributed by atoms with Gasteiger partial charge in [-0.2, -0.15) is 0 Å². The second-order valence-electron chi connectivity index (χ2n) is 6.18. The molecule has 2 fully saturated rings. The molecule has 1 aromatic carbocycles. The van der Waals surface area contributed by atoms with Crippen molar-refractivity contribution in [3.63, 3.8) is 0 Å². The molecule has 0 aromatic heterocycles. The average molecular weight is 305 g/mol. The lowest BCUT2D eigenvalue weighted by atomic mass is 10.2. The summed E-state index contributed by atoms with van der Waals surface area (Å²) < 4.78 is 13.8. The third-order valence-corrected chi connectivity index (χ3v) is 4.83. The van der Waals surface area contributed by atoms with Crippen molar-refractivity contribution >= 4 is 11.6 Å². The van der Waals surface area contributed by atoms with Crippen molar-refractivity contribution in [2.24, 2.45) is 0 Å². The summed E-state index contributed by atoms with van der Waals surface area (Å²) in [6, 6.07) is 6.84. The molecule has 120 valence electrons. The Bertz CT molecular complexity index is 522. The first-order valence-corrected chi connectivity index (χ1v) is 8.19. The molecule has 0 radical (unpaired) electrons. The predicted octanol–water partition coefficient (Wildman–Crippen LogP) is 1.96. The first kappa shape index (κ1) is 15.3. The van der Waals surface area contributed by atoms with Crippen molar-refractivity contribution in [1.29, 1.82) is 0 Å². The van der Waals surface area contributed by atoms with Gasteiger partial charge in [-0.25, -0.2) is 4.39 Å². The van der Waals surface area contributed by atoms with Gasteiger partial charge in [0.1, 0.15) is 5.82 Å². The standard InChI is InChI=1S/C17H24FN3O/c1-14(17(22)21-8-4-5-9-21)19-10-12-20(13-11-19)16-7-3-2-6-15(16)18/h2-3,6-7,14H,4-5,8-13H2,1H3/t14-/m0/s1. The van der Waals surface area contributed by atoms with E-state index in [0.717, 1.165) is 52.1 Å². The Morgan fingerprint density at radius 3 is 2.32 bits per heavy atom. The summed E-state index contributed by atoms with van der Waals surface area (Å²) in [4.78, 5) is 18.7. The van der Waals surface area contributed by atoms with E-state index in [4.69, 9.17) is 0 Å². The summed E-state index contributed by atoms with van der Waals surface area (Å²) in [6.45, 7) is 6.93. The van der Waals surface area contributed by atoms with Crippen LogP contribution in [0.4, 0.5) is 10.1 Å². The van der Waals surface area contributed by atoms with Crippen LogP contribution in [0.2, 0.25) is 0 Å². The van der Waals surface area contributed by atoms with Crippen molar-refractivity contribution in [3.8, 4) is 0 Å². The van der Waals surface area contributed by atoms with E-state index < -0.39 is 0 Å². The highest BCUT2D eigenvalue weighted by Crippen LogP contribution is 2.21. The lowest BCUT2D eigenvalue weighted by Gasteiger charge is -2.39. The van der Waals surface area contributed by atoms with E-state index in [0.29, 0.717) is 5.69 Å². The van der Waals surface area contributed by atoms with Gasteiger partial charge in [0.25, 0.3) is 0 Å². The molecule has 0 bridgehead atoms. The molecule has 1 atom stereocenters. The third-order valence-electron chi connectivity index (χ3n) is 4.83. The fraction of sp³-hybridized carbons (Fsp3) is 0.588. The van der Waals surface area contributed by atoms with Crippen molar-refractivity contribution in [2.75, 3.05) is 44.2 Å². The van der Waals surface area contributed by atoms with E-state index in [1.165, 1.54) is 6.07 Å². The van der Waals surface area contributed by atoms with Crippen LogP contribution in [0.1, 0.15) is 19.8 Å². The van der Waals surface area contributed by atoms with Crippen LogP contribution < -0.4 is 4.90 Å². The van der Waals surface area contributed by atoms with Gasteiger partial charge >= 0.3 is 0 Å². The van der Waals surface area contributed by atoms with Crippen LogP contribution in [0.25, 0.3) is 0 Å². The largest absolute Gasteiger partial charge is 0.367 e. The van der Waals surface area contributed by atoms with Crippen molar-refractivity contribution in [3.05, 3.63) is 30.1 Å². The maximum Gasteiger partial charge on any atom is 0.239 e. The number of anilines is 1. The van der Waals surface area contributed by atoms with E-state index in [-0.39, 0.29) is 17.8 Å². The highest BCUT2D eigenvalue weighted by Gasteiger charge is 2.30. The number of likely N-dealkylation sites (tertiary alicyclic amines) is 1. The Labute approximate surface area is 131 Å². The van der Waals surface area contributed by atoms with Gasteiger partial charge in [0, 0.05) is 39.3 Å². The van der Waals surface area contributed by atoms with Gasteiger partial charge in [-0.1, -0.05) is 12.1 Å². The highest BCUT2D eigenvalue weighted by molar-refractivity contribution is 5.81. The molecule has 22 heavy (non-hydrogen) atoms. The third kappa shape index (κ3) is 3.09. The average Bonchev–Trinajstić information content (AvgIpc) is 3.09. The summed E-state index contributed by atoms with van der Waals surface area (Å²) in [6.07, 6.45) is 2.25. The predicted molar refractivity (Wildman–Crippen MR) is 85.5 cm³/mol. The van der Waals surface area contributed by atoms with Crippen LogP contribution >= 0.6 is 0 Å². The molecule has 3 rings (SSSR count). The van der Waals surface area contributed by atoms with Crippen LogP contribution in [0.5, 0.6) is 0 Å². The maximum absolute atomic E-state index is 13.8. The summed E-state index contributed by atoms with van der Waals surface area (Å²) in [7, 11) is 0. The normalized spacial score (nSPS) is 21.2. The Kier molecular flexibility index (Phi) is 4.62. The molecule has 0 saturated carbocycles. The number of carbonyl (C=O) groups is 1. The number of carbonyl (C=O) groups excluding carboxylic acids is 1. The minimum absolute atomic E-state index is 0.0686. The first-order valence-electron chi connectivity index (χ1n) is 8.19. The van der Waals surface area contributed by atoms with E-state index in [1.54, 1.807) is 6.07 Å². The fourth-order valence-electron chi connectivity index (χ4n) is 3.42. The molecule has 0 aliphatic carbocycles. The minimum atomic E-state index is -0.169. The van der Waals surface area contributed by atoms with Crippen LogP contribution in [-0.2, 0) is 4.79 Å². The lowest BCUT2D eigenvalue weighted by Crippen LogP contribution is -2.54. The van der Waals surface area contributed by atoms with Crippen LogP contribution in [0.15, 0.2) is 24.3 Å². The molecule has 2 aliphatic heterocycles. The van der Waals surface area contributed by atoms with E-state index >= 15 is 0 Å². The lowest BCUT2D eigenvalue weighted by molar-refractivity contribution is -0.135. The highest BCUT2D eigenvalue weighted by atomic mass is 19.1. The summed E-state index contributed by atoms with van der Waals surface area (Å²) in [5, 5.41) is 0. The quantitative estimate of drug-likeness (QED) is 0.854. The number of para-hydroxylation sites is 1. The number of rotatable bonds is 3. The molecule has 2 aliphatic rings. The van der Waals surface area contributed by atoms with E-state index in [2.05, 4.69) is 9.80 Å². The monoisotopic (exact) mass is 305 g/mol. The van der Waals surface area contributed by atoms with Crippen molar-refractivity contribution < 1.29 is 9.18 Å². The molecule has 5 heteroatoms. The number of amides is 1. The first-order chi connectivity index (χ1) is 10.7.